The number of carbonyl (C=O) groups is 1. The normalized spacial score (nSPS) is 20.5. The van der Waals surface area contributed by atoms with Gasteiger partial charge < -0.3 is 10.1 Å². The minimum Gasteiger partial charge on any atom is -0.381 e. The lowest BCUT2D eigenvalue weighted by Crippen LogP contribution is -2.45. The summed E-state index contributed by atoms with van der Waals surface area (Å²) < 4.78 is 43.4. The van der Waals surface area contributed by atoms with Gasteiger partial charge in [-0.15, -0.1) is 0 Å². The lowest BCUT2D eigenvalue weighted by Gasteiger charge is -2.38. The predicted octanol–water partition coefficient (Wildman–Crippen LogP) is 2.74. The molecule has 0 atom stereocenters. The zero-order valence-electron chi connectivity index (χ0n) is 15.6. The molecule has 5 nitrogen and oxygen atoms in total. The van der Waals surface area contributed by atoms with Gasteiger partial charge in [-0.25, -0.2) is 12.8 Å². The average molecular weight is 398 g/mol. The van der Waals surface area contributed by atoms with Crippen molar-refractivity contribution in [3.8, 4) is 0 Å². The average Bonchev–Trinajstić information content (AvgIpc) is 3.22. The van der Waals surface area contributed by atoms with Crippen molar-refractivity contribution < 1.29 is 22.3 Å². The molecule has 0 unspecified atom stereocenters. The Morgan fingerprint density at radius 2 is 1.78 bits per heavy atom. The van der Waals surface area contributed by atoms with Crippen molar-refractivity contribution in [2.75, 3.05) is 25.5 Å². The molecule has 3 rings (SSSR count). The summed E-state index contributed by atoms with van der Waals surface area (Å²) in [5.41, 5.74) is 0.678. The Morgan fingerprint density at radius 1 is 1.15 bits per heavy atom. The molecule has 1 saturated heterocycles. The molecule has 1 heterocycles. The second-order valence-electron chi connectivity index (χ2n) is 7.70. The van der Waals surface area contributed by atoms with E-state index in [1.54, 1.807) is 12.1 Å². The molecule has 150 valence electrons. The van der Waals surface area contributed by atoms with Gasteiger partial charge in [0.15, 0.2) is 9.84 Å². The fraction of sp³-hybridized carbons (Fsp3) is 0.650. The van der Waals surface area contributed by atoms with Gasteiger partial charge in [-0.2, -0.15) is 0 Å². The molecule has 27 heavy (non-hydrogen) atoms. The van der Waals surface area contributed by atoms with Crippen molar-refractivity contribution >= 4 is 15.7 Å². The molecule has 2 fully saturated rings. The van der Waals surface area contributed by atoms with E-state index in [-0.39, 0.29) is 34.6 Å². The van der Waals surface area contributed by atoms with Gasteiger partial charge in [-0.05, 0) is 43.4 Å². The number of hydrogen-bond acceptors (Lipinski definition) is 4. The fourth-order valence-corrected chi connectivity index (χ4v) is 5.99. The van der Waals surface area contributed by atoms with Gasteiger partial charge in [0.25, 0.3) is 0 Å². The monoisotopic (exact) mass is 397 g/mol. The van der Waals surface area contributed by atoms with Crippen LogP contribution in [0, 0.1) is 5.82 Å². The van der Waals surface area contributed by atoms with Crippen LogP contribution in [0.3, 0.4) is 0 Å². The number of benzene rings is 1. The molecular formula is C20H28FNO4S. The number of rotatable bonds is 7. The van der Waals surface area contributed by atoms with E-state index >= 15 is 0 Å². The minimum absolute atomic E-state index is 0.00513. The number of hydrogen-bond donors (Lipinski definition) is 1. The second-order valence-corrected chi connectivity index (χ2v) is 10.1. The Bertz CT molecular complexity index is 736. The Morgan fingerprint density at radius 3 is 2.41 bits per heavy atom. The van der Waals surface area contributed by atoms with Crippen LogP contribution in [0.25, 0.3) is 0 Å². The first-order chi connectivity index (χ1) is 12.9. The minimum atomic E-state index is -3.19. The first-order valence-electron chi connectivity index (χ1n) is 9.73. The molecule has 1 N–H and O–H groups in total. The van der Waals surface area contributed by atoms with Gasteiger partial charge in [0.1, 0.15) is 5.82 Å². The molecule has 1 amide bonds. The number of amides is 1. The maximum atomic E-state index is 13.3. The van der Waals surface area contributed by atoms with E-state index in [1.807, 2.05) is 0 Å². The van der Waals surface area contributed by atoms with Crippen LogP contribution in [-0.4, -0.2) is 45.1 Å². The Balaban J connectivity index is 1.58. The first kappa shape index (κ1) is 20.3. The molecule has 0 aromatic heterocycles. The summed E-state index contributed by atoms with van der Waals surface area (Å²) >= 11 is 0. The number of carbonyl (C=O) groups excluding carboxylic acids is 1. The van der Waals surface area contributed by atoms with Crippen LogP contribution >= 0.6 is 0 Å². The van der Waals surface area contributed by atoms with Crippen LogP contribution in [0.15, 0.2) is 24.3 Å². The van der Waals surface area contributed by atoms with Crippen LogP contribution in [0.4, 0.5) is 4.39 Å². The van der Waals surface area contributed by atoms with E-state index in [2.05, 4.69) is 5.32 Å². The smallest absolute Gasteiger partial charge is 0.221 e. The fourth-order valence-electron chi connectivity index (χ4n) is 4.14. The van der Waals surface area contributed by atoms with E-state index in [0.717, 1.165) is 44.1 Å². The molecule has 0 radical (unpaired) electrons. The quantitative estimate of drug-likeness (QED) is 0.768. The van der Waals surface area contributed by atoms with E-state index < -0.39 is 9.84 Å². The highest BCUT2D eigenvalue weighted by Crippen LogP contribution is 2.34. The van der Waals surface area contributed by atoms with Crippen molar-refractivity contribution in [1.82, 2.24) is 5.32 Å². The zero-order valence-corrected chi connectivity index (χ0v) is 16.4. The number of ether oxygens (including phenoxy) is 1. The molecule has 1 aliphatic carbocycles. The molecule has 1 aromatic carbocycles. The highest BCUT2D eigenvalue weighted by atomic mass is 32.2. The van der Waals surface area contributed by atoms with Gasteiger partial charge in [-0.1, -0.05) is 25.0 Å². The SMILES string of the molecule is O=C(CCS(=O)(=O)C1CCCC1)NCC1(c2ccc(F)cc2)CCOCC1. The van der Waals surface area contributed by atoms with Crippen LogP contribution in [0.1, 0.15) is 50.5 Å². The summed E-state index contributed by atoms with van der Waals surface area (Å²) in [7, 11) is -3.19. The van der Waals surface area contributed by atoms with Gasteiger partial charge in [0.2, 0.25) is 5.91 Å². The topological polar surface area (TPSA) is 72.5 Å². The second kappa shape index (κ2) is 8.69. The molecule has 2 aliphatic rings. The van der Waals surface area contributed by atoms with Gasteiger partial charge >= 0.3 is 0 Å². The maximum absolute atomic E-state index is 13.3. The van der Waals surface area contributed by atoms with Crippen molar-refractivity contribution in [3.05, 3.63) is 35.6 Å². The van der Waals surface area contributed by atoms with Gasteiger partial charge in [0, 0.05) is 31.6 Å². The van der Waals surface area contributed by atoms with E-state index in [1.165, 1.54) is 12.1 Å². The first-order valence-corrected chi connectivity index (χ1v) is 11.4. The highest BCUT2D eigenvalue weighted by Gasteiger charge is 2.35. The molecule has 1 saturated carbocycles. The van der Waals surface area contributed by atoms with Crippen LogP contribution in [-0.2, 0) is 24.8 Å². The third kappa shape index (κ3) is 5.08. The summed E-state index contributed by atoms with van der Waals surface area (Å²) in [6, 6.07) is 6.39. The number of nitrogens with one attached hydrogen (secondary N) is 1. The Hall–Kier alpha value is -1.47. The molecule has 0 spiro atoms. The van der Waals surface area contributed by atoms with Crippen LogP contribution in [0.2, 0.25) is 0 Å². The van der Waals surface area contributed by atoms with Crippen molar-refractivity contribution in [1.29, 1.82) is 0 Å². The van der Waals surface area contributed by atoms with Crippen LogP contribution < -0.4 is 5.32 Å². The van der Waals surface area contributed by atoms with E-state index in [4.69, 9.17) is 4.74 Å². The molecule has 0 bridgehead atoms. The van der Waals surface area contributed by atoms with Crippen molar-refractivity contribution in [2.45, 2.75) is 55.6 Å². The lowest BCUT2D eigenvalue weighted by atomic mass is 9.74. The van der Waals surface area contributed by atoms with Crippen molar-refractivity contribution in [3.63, 3.8) is 0 Å². The summed E-state index contributed by atoms with van der Waals surface area (Å²) in [4.78, 5) is 12.3. The zero-order chi connectivity index (χ0) is 19.3. The van der Waals surface area contributed by atoms with Gasteiger partial charge in [-0.3, -0.25) is 4.79 Å². The Labute approximate surface area is 160 Å². The van der Waals surface area contributed by atoms with E-state index in [0.29, 0.717) is 19.8 Å². The highest BCUT2D eigenvalue weighted by molar-refractivity contribution is 7.92. The summed E-state index contributed by atoms with van der Waals surface area (Å²) in [5.74, 6) is -0.623. The molecular weight excluding hydrogens is 369 g/mol. The maximum Gasteiger partial charge on any atom is 0.221 e. The molecule has 1 aromatic rings. The van der Waals surface area contributed by atoms with Crippen LogP contribution in [0.5, 0.6) is 0 Å². The van der Waals surface area contributed by atoms with Gasteiger partial charge in [0.05, 0.1) is 11.0 Å². The predicted molar refractivity (Wildman–Crippen MR) is 102 cm³/mol. The summed E-state index contributed by atoms with van der Waals surface area (Å²) in [6.45, 7) is 1.58. The largest absolute Gasteiger partial charge is 0.381 e. The summed E-state index contributed by atoms with van der Waals surface area (Å²) in [5, 5.41) is 2.64. The summed E-state index contributed by atoms with van der Waals surface area (Å²) in [6.07, 6.45) is 4.82. The third-order valence-corrected chi connectivity index (χ3v) is 8.21. The number of sulfone groups is 1. The van der Waals surface area contributed by atoms with E-state index in [9.17, 15) is 17.6 Å². The standard InChI is InChI=1S/C20H28FNO4S/c21-17-7-5-16(6-8-17)20(10-12-26-13-11-20)15-22-19(23)9-14-27(24,25)18-3-1-2-4-18/h5-8,18H,1-4,9-15H2,(H,22,23). The molecule has 7 heteroatoms. The third-order valence-electron chi connectivity index (χ3n) is 5.95. The van der Waals surface area contributed by atoms with Crippen molar-refractivity contribution in [2.24, 2.45) is 0 Å². The lowest BCUT2D eigenvalue weighted by molar-refractivity contribution is -0.121. The molecule has 1 aliphatic heterocycles. The Kier molecular flexibility index (Phi) is 6.52. The number of halogens is 1.